The van der Waals surface area contributed by atoms with E-state index in [1.54, 1.807) is 18.0 Å². The van der Waals surface area contributed by atoms with Gasteiger partial charge in [0.05, 0.1) is 5.25 Å². The summed E-state index contributed by atoms with van der Waals surface area (Å²) in [6, 6.07) is 9.71. The van der Waals surface area contributed by atoms with E-state index in [1.165, 1.54) is 5.56 Å². The van der Waals surface area contributed by atoms with Crippen molar-refractivity contribution in [3.8, 4) is 0 Å². The summed E-state index contributed by atoms with van der Waals surface area (Å²) >= 11 is 7.54. The smallest absolute Gasteiger partial charge is 0.232 e. The fraction of sp³-hybridized carbons (Fsp3) is 0.444. The highest BCUT2D eigenvalue weighted by atomic mass is 35.5. The van der Waals surface area contributed by atoms with Crippen LogP contribution in [-0.4, -0.2) is 27.5 Å². The molecule has 1 unspecified atom stereocenters. The van der Waals surface area contributed by atoms with E-state index < -0.39 is 0 Å². The summed E-state index contributed by atoms with van der Waals surface area (Å²) in [6.07, 6.45) is 6.08. The van der Waals surface area contributed by atoms with E-state index in [1.807, 2.05) is 48.1 Å². The fourth-order valence-corrected chi connectivity index (χ4v) is 3.60. The molecule has 2 aromatic rings. The minimum Gasteiger partial charge on any atom is -0.355 e. The first-order valence-electron chi connectivity index (χ1n) is 8.18. The first-order chi connectivity index (χ1) is 11.6. The molecule has 3 rings (SSSR count). The van der Waals surface area contributed by atoms with Crippen molar-refractivity contribution >= 4 is 29.3 Å². The van der Waals surface area contributed by atoms with Gasteiger partial charge in [0.25, 0.3) is 0 Å². The maximum atomic E-state index is 12.3. The van der Waals surface area contributed by atoms with Crippen LogP contribution in [-0.2, 0) is 17.1 Å². The molecule has 1 aromatic heterocycles. The number of rotatable bonds is 8. The van der Waals surface area contributed by atoms with Gasteiger partial charge in [0.15, 0.2) is 0 Å². The van der Waals surface area contributed by atoms with Crippen LogP contribution >= 0.6 is 23.4 Å². The van der Waals surface area contributed by atoms with E-state index in [-0.39, 0.29) is 16.6 Å². The van der Waals surface area contributed by atoms with Gasteiger partial charge in [0.1, 0.15) is 0 Å². The lowest BCUT2D eigenvalue weighted by atomic mass is 10.1. The van der Waals surface area contributed by atoms with Crippen LogP contribution in [0, 0.1) is 5.41 Å². The van der Waals surface area contributed by atoms with Crippen LogP contribution in [0.2, 0.25) is 5.02 Å². The maximum Gasteiger partial charge on any atom is 0.232 e. The third-order valence-corrected chi connectivity index (χ3v) is 5.90. The second kappa shape index (κ2) is 7.62. The molecule has 128 valence electrons. The SMILES string of the molecule is CC(SCc1ccc(Cl)cc1)C(=O)NCC1(Cn2cccn2)CC1. The lowest BCUT2D eigenvalue weighted by Gasteiger charge is -2.18. The Kier molecular flexibility index (Phi) is 5.51. The Balaban J connectivity index is 1.42. The lowest BCUT2D eigenvalue weighted by Crippen LogP contribution is -2.36. The van der Waals surface area contributed by atoms with Gasteiger partial charge < -0.3 is 5.32 Å². The van der Waals surface area contributed by atoms with Crippen LogP contribution in [0.3, 0.4) is 0 Å². The molecule has 0 bridgehead atoms. The molecule has 0 aliphatic heterocycles. The molecule has 1 amide bonds. The number of thioether (sulfide) groups is 1. The van der Waals surface area contributed by atoms with Crippen molar-refractivity contribution in [2.75, 3.05) is 6.54 Å². The van der Waals surface area contributed by atoms with Crippen LogP contribution in [0.5, 0.6) is 0 Å². The molecule has 24 heavy (non-hydrogen) atoms. The number of nitrogens with zero attached hydrogens (tertiary/aromatic N) is 2. The largest absolute Gasteiger partial charge is 0.355 e. The topological polar surface area (TPSA) is 46.9 Å². The van der Waals surface area contributed by atoms with Crippen molar-refractivity contribution < 1.29 is 4.79 Å². The van der Waals surface area contributed by atoms with Gasteiger partial charge in [0.2, 0.25) is 5.91 Å². The first kappa shape index (κ1) is 17.4. The average molecular weight is 364 g/mol. The zero-order valence-corrected chi connectivity index (χ0v) is 15.3. The predicted molar refractivity (Wildman–Crippen MR) is 99.1 cm³/mol. The van der Waals surface area contributed by atoms with E-state index in [4.69, 9.17) is 11.6 Å². The van der Waals surface area contributed by atoms with E-state index in [0.29, 0.717) is 0 Å². The minimum absolute atomic E-state index is 0.0684. The number of carbonyl (C=O) groups excluding carboxylic acids is 1. The zero-order valence-electron chi connectivity index (χ0n) is 13.7. The monoisotopic (exact) mass is 363 g/mol. The molecule has 4 nitrogen and oxygen atoms in total. The third-order valence-electron chi connectivity index (χ3n) is 4.43. The van der Waals surface area contributed by atoms with Gasteiger partial charge in [0, 0.05) is 41.7 Å². The molecule has 1 heterocycles. The summed E-state index contributed by atoms with van der Waals surface area (Å²) < 4.78 is 1.96. The van der Waals surface area contributed by atoms with E-state index in [9.17, 15) is 4.79 Å². The first-order valence-corrected chi connectivity index (χ1v) is 9.60. The van der Waals surface area contributed by atoms with Gasteiger partial charge in [-0.3, -0.25) is 9.48 Å². The van der Waals surface area contributed by atoms with Gasteiger partial charge in [-0.2, -0.15) is 5.10 Å². The number of carbonyl (C=O) groups is 1. The predicted octanol–water partition coefficient (Wildman–Crippen LogP) is 3.75. The standard InChI is InChI=1S/C18H22ClN3OS/c1-14(24-11-15-3-5-16(19)6-4-15)17(23)20-12-18(7-8-18)13-22-10-2-9-21-22/h2-6,9-10,14H,7-8,11-13H2,1H3,(H,20,23). The molecule has 1 atom stereocenters. The maximum absolute atomic E-state index is 12.3. The Labute approximate surface area is 152 Å². The quantitative estimate of drug-likeness (QED) is 0.776. The molecule has 1 aliphatic carbocycles. The summed E-state index contributed by atoms with van der Waals surface area (Å²) in [5.74, 6) is 0.921. The van der Waals surface area contributed by atoms with Gasteiger partial charge in [-0.05, 0) is 43.5 Å². The summed E-state index contributed by atoms with van der Waals surface area (Å²) in [4.78, 5) is 12.3. The average Bonchev–Trinajstić information content (AvgIpc) is 3.15. The summed E-state index contributed by atoms with van der Waals surface area (Å²) in [7, 11) is 0. The number of amides is 1. The molecule has 0 radical (unpaired) electrons. The number of hydrogen-bond acceptors (Lipinski definition) is 3. The molecule has 0 spiro atoms. The molecule has 1 aromatic carbocycles. The molecule has 1 fully saturated rings. The van der Waals surface area contributed by atoms with Crippen LogP contribution < -0.4 is 5.32 Å². The van der Waals surface area contributed by atoms with Gasteiger partial charge in [-0.15, -0.1) is 11.8 Å². The summed E-state index contributed by atoms with van der Waals surface area (Å²) in [5, 5.41) is 8.05. The van der Waals surface area contributed by atoms with E-state index in [0.717, 1.165) is 36.7 Å². The van der Waals surface area contributed by atoms with Crippen molar-refractivity contribution in [2.24, 2.45) is 5.41 Å². The van der Waals surface area contributed by atoms with Gasteiger partial charge >= 0.3 is 0 Å². The number of hydrogen-bond donors (Lipinski definition) is 1. The summed E-state index contributed by atoms with van der Waals surface area (Å²) in [5.41, 5.74) is 1.38. The molecule has 0 saturated heterocycles. The number of nitrogens with one attached hydrogen (secondary N) is 1. The highest BCUT2D eigenvalue weighted by Crippen LogP contribution is 2.46. The van der Waals surface area contributed by atoms with Crippen LogP contribution in [0.4, 0.5) is 0 Å². The van der Waals surface area contributed by atoms with Gasteiger partial charge in [-0.1, -0.05) is 23.7 Å². The minimum atomic E-state index is -0.0684. The van der Waals surface area contributed by atoms with Gasteiger partial charge in [-0.25, -0.2) is 0 Å². The van der Waals surface area contributed by atoms with Crippen LogP contribution in [0.1, 0.15) is 25.3 Å². The second-order valence-corrected chi connectivity index (χ2v) is 8.27. The van der Waals surface area contributed by atoms with Crippen molar-refractivity contribution in [1.29, 1.82) is 0 Å². The normalized spacial score (nSPS) is 16.6. The fourth-order valence-electron chi connectivity index (χ4n) is 2.60. The van der Waals surface area contributed by atoms with Crippen LogP contribution in [0.25, 0.3) is 0 Å². The lowest BCUT2D eigenvalue weighted by molar-refractivity contribution is -0.120. The van der Waals surface area contributed by atoms with Crippen molar-refractivity contribution in [1.82, 2.24) is 15.1 Å². The second-order valence-electron chi connectivity index (χ2n) is 6.50. The molecular weight excluding hydrogens is 342 g/mol. The molecular formula is C18H22ClN3OS. The highest BCUT2D eigenvalue weighted by molar-refractivity contribution is 7.99. The van der Waals surface area contributed by atoms with E-state index >= 15 is 0 Å². The Morgan fingerprint density at radius 3 is 2.79 bits per heavy atom. The van der Waals surface area contributed by atoms with Crippen molar-refractivity contribution in [2.45, 2.75) is 37.3 Å². The number of benzene rings is 1. The highest BCUT2D eigenvalue weighted by Gasteiger charge is 2.43. The Morgan fingerprint density at radius 1 is 1.42 bits per heavy atom. The molecule has 1 N–H and O–H groups in total. The van der Waals surface area contributed by atoms with Crippen molar-refractivity contribution in [3.05, 3.63) is 53.3 Å². The summed E-state index contributed by atoms with van der Waals surface area (Å²) in [6.45, 7) is 3.58. The number of halogens is 1. The molecule has 1 aliphatic rings. The zero-order chi connectivity index (χ0) is 17.0. The third kappa shape index (κ3) is 4.77. The Morgan fingerprint density at radius 2 is 2.17 bits per heavy atom. The molecule has 1 saturated carbocycles. The van der Waals surface area contributed by atoms with E-state index in [2.05, 4.69) is 10.4 Å². The Bertz CT molecular complexity index is 668. The molecule has 6 heteroatoms. The van der Waals surface area contributed by atoms with Crippen molar-refractivity contribution in [3.63, 3.8) is 0 Å². The Hall–Kier alpha value is -1.46. The van der Waals surface area contributed by atoms with Crippen LogP contribution in [0.15, 0.2) is 42.7 Å². The number of aromatic nitrogens is 2.